The third-order valence-corrected chi connectivity index (χ3v) is 6.64. The van der Waals surface area contributed by atoms with Crippen LogP contribution in [-0.2, 0) is 10.0 Å². The third-order valence-electron chi connectivity index (χ3n) is 3.55. The number of sulfonamides is 1. The molecular weight excluding hydrogens is 280 g/mol. The highest BCUT2D eigenvalue weighted by Crippen LogP contribution is 2.37. The van der Waals surface area contributed by atoms with Crippen LogP contribution in [0, 0.1) is 6.92 Å². The Bertz CT molecular complexity index is 564. The molecule has 19 heavy (non-hydrogen) atoms. The van der Waals surface area contributed by atoms with Gasteiger partial charge in [0.25, 0.3) is 0 Å². The second kappa shape index (κ2) is 5.34. The van der Waals surface area contributed by atoms with Gasteiger partial charge in [0.05, 0.1) is 4.90 Å². The minimum Gasteiger partial charge on any atom is -0.398 e. The summed E-state index contributed by atoms with van der Waals surface area (Å²) < 4.78 is 27.4. The van der Waals surface area contributed by atoms with Crippen molar-refractivity contribution in [1.29, 1.82) is 0 Å². The van der Waals surface area contributed by atoms with Gasteiger partial charge in [0.15, 0.2) is 0 Å². The minimum absolute atomic E-state index is 0.0152. The lowest BCUT2D eigenvalue weighted by atomic mass is 10.1. The van der Waals surface area contributed by atoms with Crippen LogP contribution in [0.1, 0.15) is 25.3 Å². The molecule has 2 rings (SSSR count). The van der Waals surface area contributed by atoms with E-state index in [1.165, 1.54) is 0 Å². The Hall–Kier alpha value is -0.720. The van der Waals surface area contributed by atoms with E-state index in [1.807, 2.05) is 11.8 Å². The van der Waals surface area contributed by atoms with Crippen LogP contribution in [0.2, 0.25) is 0 Å². The SMILES string of the molecule is Cc1c(N)cccc1S(=O)(=O)NCC1(C)CCCS1. The van der Waals surface area contributed by atoms with Crippen molar-refractivity contribution >= 4 is 27.5 Å². The van der Waals surface area contributed by atoms with Gasteiger partial charge >= 0.3 is 0 Å². The summed E-state index contributed by atoms with van der Waals surface area (Å²) >= 11 is 1.84. The van der Waals surface area contributed by atoms with E-state index in [0.717, 1.165) is 18.6 Å². The molecule has 1 unspecified atom stereocenters. The van der Waals surface area contributed by atoms with Crippen molar-refractivity contribution in [3.05, 3.63) is 23.8 Å². The van der Waals surface area contributed by atoms with Crippen molar-refractivity contribution in [2.24, 2.45) is 0 Å². The van der Waals surface area contributed by atoms with E-state index in [-0.39, 0.29) is 9.64 Å². The van der Waals surface area contributed by atoms with E-state index in [4.69, 9.17) is 5.73 Å². The monoisotopic (exact) mass is 300 g/mol. The molecule has 1 aromatic rings. The summed E-state index contributed by atoms with van der Waals surface area (Å²) in [5.74, 6) is 1.11. The fraction of sp³-hybridized carbons (Fsp3) is 0.538. The molecule has 1 atom stereocenters. The number of thioether (sulfide) groups is 1. The quantitative estimate of drug-likeness (QED) is 0.836. The zero-order chi connectivity index (χ0) is 14.1. The average molecular weight is 300 g/mol. The predicted octanol–water partition coefficient (Wildman–Crippen LogP) is 2.14. The lowest BCUT2D eigenvalue weighted by molar-refractivity contribution is 0.552. The molecule has 0 spiro atoms. The van der Waals surface area contributed by atoms with Gasteiger partial charge in [-0.25, -0.2) is 13.1 Å². The first-order chi connectivity index (χ1) is 8.84. The van der Waals surface area contributed by atoms with Crippen LogP contribution in [0.15, 0.2) is 23.1 Å². The van der Waals surface area contributed by atoms with Crippen LogP contribution in [0.5, 0.6) is 0 Å². The number of nitrogens with two attached hydrogens (primary N) is 1. The Morgan fingerprint density at radius 3 is 2.84 bits per heavy atom. The topological polar surface area (TPSA) is 72.2 Å². The van der Waals surface area contributed by atoms with E-state index in [2.05, 4.69) is 11.6 Å². The van der Waals surface area contributed by atoms with Gasteiger partial charge in [-0.1, -0.05) is 6.07 Å². The molecule has 1 fully saturated rings. The molecule has 0 aliphatic carbocycles. The molecule has 0 bridgehead atoms. The molecular formula is C13H20N2O2S2. The van der Waals surface area contributed by atoms with Crippen molar-refractivity contribution in [1.82, 2.24) is 4.72 Å². The van der Waals surface area contributed by atoms with Gasteiger partial charge in [-0.2, -0.15) is 11.8 Å². The normalized spacial score (nSPS) is 23.7. The molecule has 0 aromatic heterocycles. The highest BCUT2D eigenvalue weighted by atomic mass is 32.2. The zero-order valence-electron chi connectivity index (χ0n) is 11.3. The molecule has 1 heterocycles. The maximum Gasteiger partial charge on any atom is 0.240 e. The van der Waals surface area contributed by atoms with Gasteiger partial charge < -0.3 is 5.73 Å². The van der Waals surface area contributed by atoms with E-state index in [0.29, 0.717) is 17.8 Å². The van der Waals surface area contributed by atoms with Crippen molar-refractivity contribution < 1.29 is 8.42 Å². The Morgan fingerprint density at radius 1 is 1.47 bits per heavy atom. The molecule has 1 aliphatic rings. The molecule has 6 heteroatoms. The number of nitrogen functional groups attached to an aromatic ring is 1. The lowest BCUT2D eigenvalue weighted by Crippen LogP contribution is -2.37. The first kappa shape index (κ1) is 14.7. The van der Waals surface area contributed by atoms with Gasteiger partial charge in [-0.15, -0.1) is 0 Å². The van der Waals surface area contributed by atoms with E-state index < -0.39 is 10.0 Å². The molecule has 4 nitrogen and oxygen atoms in total. The molecule has 0 amide bonds. The minimum atomic E-state index is -3.48. The maximum absolute atomic E-state index is 12.3. The summed E-state index contributed by atoms with van der Waals surface area (Å²) in [4.78, 5) is 0.277. The Kier molecular flexibility index (Phi) is 4.13. The zero-order valence-corrected chi connectivity index (χ0v) is 12.9. The van der Waals surface area contributed by atoms with Crippen LogP contribution in [-0.4, -0.2) is 25.5 Å². The van der Waals surface area contributed by atoms with Gasteiger partial charge in [-0.05, 0) is 50.1 Å². The maximum atomic E-state index is 12.3. The largest absolute Gasteiger partial charge is 0.398 e. The van der Waals surface area contributed by atoms with E-state index >= 15 is 0 Å². The van der Waals surface area contributed by atoms with Crippen molar-refractivity contribution in [3.63, 3.8) is 0 Å². The van der Waals surface area contributed by atoms with Crippen molar-refractivity contribution in [2.45, 2.75) is 36.3 Å². The number of hydrogen-bond acceptors (Lipinski definition) is 4. The highest BCUT2D eigenvalue weighted by molar-refractivity contribution is 8.01. The number of hydrogen-bond donors (Lipinski definition) is 2. The smallest absolute Gasteiger partial charge is 0.240 e. The van der Waals surface area contributed by atoms with Crippen molar-refractivity contribution in [2.75, 3.05) is 18.0 Å². The fourth-order valence-electron chi connectivity index (χ4n) is 2.22. The highest BCUT2D eigenvalue weighted by Gasteiger charge is 2.31. The number of benzene rings is 1. The van der Waals surface area contributed by atoms with Crippen LogP contribution in [0.25, 0.3) is 0 Å². The lowest BCUT2D eigenvalue weighted by Gasteiger charge is -2.23. The summed E-state index contributed by atoms with van der Waals surface area (Å²) in [6.45, 7) is 4.31. The van der Waals surface area contributed by atoms with Gasteiger partial charge in [0.1, 0.15) is 0 Å². The van der Waals surface area contributed by atoms with Gasteiger partial charge in [0, 0.05) is 17.0 Å². The summed E-state index contributed by atoms with van der Waals surface area (Å²) in [6, 6.07) is 4.98. The summed E-state index contributed by atoms with van der Waals surface area (Å²) in [5.41, 5.74) is 6.88. The Labute approximate surface area is 119 Å². The molecule has 3 N–H and O–H groups in total. The third kappa shape index (κ3) is 3.24. The summed E-state index contributed by atoms with van der Waals surface area (Å²) in [6.07, 6.45) is 2.20. The van der Waals surface area contributed by atoms with Gasteiger partial charge in [-0.3, -0.25) is 0 Å². The number of anilines is 1. The fourth-order valence-corrected chi connectivity index (χ4v) is 5.00. The molecule has 1 aromatic carbocycles. The second-order valence-electron chi connectivity index (χ2n) is 5.20. The molecule has 1 aliphatic heterocycles. The first-order valence-corrected chi connectivity index (χ1v) is 8.80. The second-order valence-corrected chi connectivity index (χ2v) is 8.61. The van der Waals surface area contributed by atoms with E-state index in [1.54, 1.807) is 25.1 Å². The number of rotatable bonds is 4. The average Bonchev–Trinajstić information content (AvgIpc) is 2.78. The van der Waals surface area contributed by atoms with Crippen LogP contribution in [0.3, 0.4) is 0 Å². The van der Waals surface area contributed by atoms with Crippen LogP contribution >= 0.6 is 11.8 Å². The molecule has 0 saturated carbocycles. The molecule has 0 radical (unpaired) electrons. The van der Waals surface area contributed by atoms with E-state index in [9.17, 15) is 8.42 Å². The predicted molar refractivity (Wildman–Crippen MR) is 80.9 cm³/mol. The van der Waals surface area contributed by atoms with Crippen LogP contribution < -0.4 is 10.5 Å². The van der Waals surface area contributed by atoms with Crippen LogP contribution in [0.4, 0.5) is 5.69 Å². The first-order valence-electron chi connectivity index (χ1n) is 6.33. The van der Waals surface area contributed by atoms with Crippen molar-refractivity contribution in [3.8, 4) is 0 Å². The molecule has 1 saturated heterocycles. The van der Waals surface area contributed by atoms with Gasteiger partial charge in [0.2, 0.25) is 10.0 Å². The Morgan fingerprint density at radius 2 is 2.21 bits per heavy atom. The summed E-state index contributed by atoms with van der Waals surface area (Å²) in [7, 11) is -3.48. The standard InChI is InChI=1S/C13H20N2O2S2/c1-10-11(14)5-3-6-12(10)19(16,17)15-9-13(2)7-4-8-18-13/h3,5-6,15H,4,7-9,14H2,1-2H3. The Balaban J connectivity index is 2.16. The molecule has 106 valence electrons. The number of nitrogens with one attached hydrogen (secondary N) is 1. The summed E-state index contributed by atoms with van der Waals surface area (Å²) in [5, 5.41) is 0.